The van der Waals surface area contributed by atoms with Gasteiger partial charge in [0.05, 0.1) is 0 Å². The second-order valence-corrected chi connectivity index (χ2v) is 6.06. The summed E-state index contributed by atoms with van der Waals surface area (Å²) in [5.74, 6) is 0. The molecule has 7 heteroatoms. The van der Waals surface area contributed by atoms with Gasteiger partial charge in [-0.25, -0.2) is 0 Å². The molecule has 0 aliphatic heterocycles. The van der Waals surface area contributed by atoms with Crippen LogP contribution in [0.5, 0.6) is 0 Å². The van der Waals surface area contributed by atoms with Gasteiger partial charge in [0.2, 0.25) is 0 Å². The van der Waals surface area contributed by atoms with E-state index in [2.05, 4.69) is 0 Å². The summed E-state index contributed by atoms with van der Waals surface area (Å²) in [4.78, 5) is 0. The van der Waals surface area contributed by atoms with Gasteiger partial charge in [-0.2, -0.15) is 0 Å². The third-order valence-electron chi connectivity index (χ3n) is 0.878. The van der Waals surface area contributed by atoms with Crippen LogP contribution in [0.4, 0.5) is 0 Å². The number of hydrogen-bond acceptors (Lipinski definition) is 0. The zero-order valence-electron chi connectivity index (χ0n) is 4.85. The third-order valence-corrected chi connectivity index (χ3v) is 4.12. The Kier molecular flexibility index (Phi) is 4.97. The molecular formula is C3HCl6Li. The molecule has 0 saturated carbocycles. The van der Waals surface area contributed by atoms with Gasteiger partial charge < -0.3 is 0 Å². The van der Waals surface area contributed by atoms with Gasteiger partial charge in [-0.05, 0) is 0 Å². The van der Waals surface area contributed by atoms with Crippen molar-refractivity contribution >= 4 is 87.3 Å². The first-order valence-electron chi connectivity index (χ1n) is 2.28. The molecule has 0 saturated heterocycles. The minimum absolute atomic E-state index is 0.636. The van der Waals surface area contributed by atoms with Gasteiger partial charge in [-0.3, -0.25) is 0 Å². The molecule has 0 radical (unpaired) electrons. The quantitative estimate of drug-likeness (QED) is 0.499. The molecule has 10 heavy (non-hydrogen) atoms. The fourth-order valence-corrected chi connectivity index (χ4v) is 1.05. The Labute approximate surface area is 98.6 Å². The maximum atomic E-state index is 5.58. The molecule has 0 fully saturated rings. The standard InChI is InChI=1S/C3HCl6.Li/c4-1-2(5,6)3(7,8)9;/h1H;. The minimum atomic E-state index is -1.77. The normalized spacial score (nSPS) is 17.2. The van der Waals surface area contributed by atoms with Crippen molar-refractivity contribution in [3.8, 4) is 0 Å². The first-order chi connectivity index (χ1) is 4.19. The van der Waals surface area contributed by atoms with Crippen molar-refractivity contribution in [1.29, 1.82) is 0 Å². The molecule has 0 aliphatic rings. The molecule has 0 aromatic rings. The van der Waals surface area contributed by atoms with Crippen molar-refractivity contribution in [2.75, 3.05) is 0 Å². The number of hydrogen-bond donors (Lipinski definition) is 0. The third kappa shape index (κ3) is 3.00. The van der Waals surface area contributed by atoms with Crippen LogP contribution < -0.4 is 0 Å². The molecule has 0 aromatic heterocycles. The Bertz CT molecular complexity index is 115. The second kappa shape index (κ2) is 4.03. The zero-order valence-corrected chi connectivity index (χ0v) is 9.38. The number of alkyl halides is 6. The Morgan fingerprint density at radius 1 is 1.00 bits per heavy atom. The van der Waals surface area contributed by atoms with E-state index in [1.54, 1.807) is 17.7 Å². The Morgan fingerprint density at radius 3 is 1.30 bits per heavy atom. The number of rotatable bonds is 1. The van der Waals surface area contributed by atoms with Crippen molar-refractivity contribution in [1.82, 2.24) is 0 Å². The van der Waals surface area contributed by atoms with E-state index in [0.717, 1.165) is 0 Å². The van der Waals surface area contributed by atoms with Gasteiger partial charge in [-0.15, -0.1) is 0 Å². The van der Waals surface area contributed by atoms with Crippen LogP contribution in [-0.2, 0) is 0 Å². The van der Waals surface area contributed by atoms with Crippen LogP contribution in [0.25, 0.3) is 0 Å². The number of halogens is 6. The molecule has 0 N–H and O–H groups in total. The topological polar surface area (TPSA) is 0 Å². The van der Waals surface area contributed by atoms with E-state index in [-0.39, 0.29) is 0 Å². The van der Waals surface area contributed by atoms with Gasteiger partial charge in [0.25, 0.3) is 0 Å². The summed E-state index contributed by atoms with van der Waals surface area (Å²) in [5, 5.41) is 0. The summed E-state index contributed by atoms with van der Waals surface area (Å²) < 4.78 is -3.96. The van der Waals surface area contributed by atoms with Gasteiger partial charge in [0, 0.05) is 0 Å². The first-order valence-corrected chi connectivity index (χ1v) is 4.61. The molecule has 0 aliphatic carbocycles. The molecule has 1 atom stereocenters. The monoisotopic (exact) mass is 254 g/mol. The summed E-state index contributed by atoms with van der Waals surface area (Å²) in [6.07, 6.45) is 0. The van der Waals surface area contributed by atoms with E-state index < -0.39 is 12.2 Å². The molecule has 0 amide bonds. The van der Waals surface area contributed by atoms with Crippen LogP contribution in [0.2, 0.25) is 0 Å². The average molecular weight is 257 g/mol. The van der Waals surface area contributed by atoms with Crippen LogP contribution >= 0.6 is 69.6 Å². The van der Waals surface area contributed by atoms with E-state index >= 15 is 0 Å². The van der Waals surface area contributed by atoms with Gasteiger partial charge in [0.1, 0.15) is 0 Å². The Hall–Kier alpha value is 2.34. The molecule has 56 valence electrons. The fourth-order valence-electron chi connectivity index (χ4n) is 0.226. The SMILES string of the molecule is [Li][CH](Cl)C(Cl)(Cl)C(Cl)(Cl)Cl. The Morgan fingerprint density at radius 2 is 1.30 bits per heavy atom. The van der Waals surface area contributed by atoms with Crippen molar-refractivity contribution < 1.29 is 0 Å². The molecule has 0 nitrogen and oxygen atoms in total. The summed E-state index contributed by atoms with van der Waals surface area (Å²) in [6.45, 7) is 0. The molecule has 0 spiro atoms. The molecule has 1 unspecified atom stereocenters. The van der Waals surface area contributed by atoms with E-state index in [4.69, 9.17) is 69.6 Å². The van der Waals surface area contributed by atoms with Gasteiger partial charge in [-0.1, -0.05) is 0 Å². The maximum absolute atomic E-state index is 5.58. The summed E-state index contributed by atoms with van der Waals surface area (Å²) >= 11 is 34.5. The molecule has 0 heterocycles. The molecule has 0 rings (SSSR count). The zero-order chi connectivity index (χ0) is 8.58. The first kappa shape index (κ1) is 12.3. The molecular weight excluding hydrogens is 256 g/mol. The van der Waals surface area contributed by atoms with Crippen LogP contribution in [0.15, 0.2) is 0 Å². The molecule has 0 bridgehead atoms. The van der Waals surface area contributed by atoms with E-state index in [1.807, 2.05) is 0 Å². The van der Waals surface area contributed by atoms with Crippen molar-refractivity contribution in [3.63, 3.8) is 0 Å². The van der Waals surface area contributed by atoms with Crippen LogP contribution in [0.1, 0.15) is 0 Å². The van der Waals surface area contributed by atoms with E-state index in [0.29, 0.717) is 0 Å². The van der Waals surface area contributed by atoms with E-state index in [9.17, 15) is 0 Å². The van der Waals surface area contributed by atoms with Crippen molar-refractivity contribution in [2.24, 2.45) is 0 Å². The van der Waals surface area contributed by atoms with Crippen LogP contribution in [-0.4, -0.2) is 29.9 Å². The van der Waals surface area contributed by atoms with Crippen LogP contribution in [0.3, 0.4) is 0 Å². The van der Waals surface area contributed by atoms with Crippen molar-refractivity contribution in [3.05, 3.63) is 0 Å². The fraction of sp³-hybridized carbons (Fsp3) is 1.00. The average Bonchev–Trinajstić information content (AvgIpc) is 1.62. The van der Waals surface area contributed by atoms with Gasteiger partial charge in [0.15, 0.2) is 0 Å². The van der Waals surface area contributed by atoms with E-state index in [1.165, 1.54) is 0 Å². The van der Waals surface area contributed by atoms with Crippen molar-refractivity contribution in [2.45, 2.75) is 12.2 Å². The van der Waals surface area contributed by atoms with Gasteiger partial charge >= 0.3 is 99.5 Å². The molecule has 0 aromatic carbocycles. The van der Waals surface area contributed by atoms with Crippen LogP contribution in [0, 0.1) is 0 Å². The summed E-state index contributed by atoms with van der Waals surface area (Å²) in [7, 11) is 0. The Balaban J connectivity index is 4.40. The predicted molar refractivity (Wildman–Crippen MR) is 50.1 cm³/mol. The predicted octanol–water partition coefficient (Wildman–Crippen LogP) is 3.26. The summed E-state index contributed by atoms with van der Waals surface area (Å²) in [5.41, 5.74) is 0. The summed E-state index contributed by atoms with van der Waals surface area (Å²) in [6, 6.07) is 0. The second-order valence-electron chi connectivity index (χ2n) is 1.74.